The zero-order valence-electron chi connectivity index (χ0n) is 24.7. The van der Waals surface area contributed by atoms with Crippen LogP contribution >= 0.6 is 0 Å². The van der Waals surface area contributed by atoms with Crippen LogP contribution in [0, 0.1) is 35.0 Å². The second-order valence-corrected chi connectivity index (χ2v) is 13.9. The molecule has 0 bridgehead atoms. The van der Waals surface area contributed by atoms with Crippen molar-refractivity contribution in [3.8, 4) is 0 Å². The molecule has 3 heteroatoms. The molecule has 200 valence electrons. The monoisotopic (exact) mass is 493 g/mol. The average molecular weight is 494 g/mol. The molecule has 0 spiro atoms. The zero-order valence-corrected chi connectivity index (χ0v) is 24.7. The molecule has 1 aromatic rings. The van der Waals surface area contributed by atoms with Crippen LogP contribution in [-0.4, -0.2) is 16.7 Å². The summed E-state index contributed by atoms with van der Waals surface area (Å²) in [4.78, 5) is 28.4. The molecule has 0 N–H and O–H groups in total. The van der Waals surface area contributed by atoms with Gasteiger partial charge in [0.1, 0.15) is 0 Å². The lowest BCUT2D eigenvalue weighted by Crippen LogP contribution is -2.53. The minimum atomic E-state index is -0.225. The van der Waals surface area contributed by atoms with E-state index in [0.717, 1.165) is 32.1 Å². The van der Waals surface area contributed by atoms with Gasteiger partial charge in [-0.15, -0.1) is 0 Å². The molecule has 3 nitrogen and oxygen atoms in total. The molecule has 2 aliphatic rings. The maximum Gasteiger partial charge on any atom is 0.254 e. The molecule has 0 unspecified atom stereocenters. The van der Waals surface area contributed by atoms with E-state index in [1.54, 1.807) is 4.90 Å². The molecular formula is C33H51NO2. The van der Waals surface area contributed by atoms with Gasteiger partial charge in [0.2, 0.25) is 0 Å². The third-order valence-corrected chi connectivity index (χ3v) is 8.22. The number of benzene rings is 1. The minimum Gasteiger partial charge on any atom is -0.269 e. The second-order valence-electron chi connectivity index (χ2n) is 13.9. The predicted molar refractivity (Wildman–Crippen MR) is 151 cm³/mol. The number of imide groups is 1. The average Bonchev–Trinajstić information content (AvgIpc) is 3.13. The van der Waals surface area contributed by atoms with E-state index in [0.29, 0.717) is 29.6 Å². The molecule has 1 atom stereocenters. The third kappa shape index (κ3) is 5.09. The highest BCUT2D eigenvalue weighted by atomic mass is 16.2. The van der Waals surface area contributed by atoms with Crippen LogP contribution in [0.4, 0.5) is 0 Å². The van der Waals surface area contributed by atoms with Crippen molar-refractivity contribution in [1.29, 1.82) is 0 Å². The first-order valence-corrected chi connectivity index (χ1v) is 14.4. The normalized spacial score (nSPS) is 20.8. The number of amides is 2. The van der Waals surface area contributed by atoms with E-state index in [4.69, 9.17) is 0 Å². The topological polar surface area (TPSA) is 37.4 Å². The molecule has 0 fully saturated rings. The molecule has 1 aliphatic heterocycles. The lowest BCUT2D eigenvalue weighted by molar-refractivity contribution is -0.146. The number of carbonyl (C=O) groups excluding carboxylic acids is 2. The Hall–Kier alpha value is -1.90. The summed E-state index contributed by atoms with van der Waals surface area (Å²) < 4.78 is 0. The Bertz CT molecular complexity index is 943. The molecule has 1 heterocycles. The lowest BCUT2D eigenvalue weighted by atomic mass is 9.51. The highest BCUT2D eigenvalue weighted by Crippen LogP contribution is 2.70. The van der Waals surface area contributed by atoms with E-state index in [2.05, 4.69) is 87.4 Å². The first kappa shape index (κ1) is 28.7. The van der Waals surface area contributed by atoms with Crippen molar-refractivity contribution in [2.24, 2.45) is 35.0 Å². The zero-order chi connectivity index (χ0) is 27.0. The van der Waals surface area contributed by atoms with Crippen LogP contribution in [0.25, 0.3) is 0 Å². The Morgan fingerprint density at radius 3 is 1.58 bits per heavy atom. The maximum atomic E-state index is 13.4. The number of nitrogens with zero attached hydrogens (tertiary/aromatic N) is 1. The van der Waals surface area contributed by atoms with Crippen molar-refractivity contribution < 1.29 is 9.59 Å². The van der Waals surface area contributed by atoms with E-state index < -0.39 is 0 Å². The molecule has 1 aliphatic carbocycles. The molecule has 0 saturated heterocycles. The fraction of sp³-hybridized carbons (Fsp3) is 0.697. The number of hydrogen-bond donors (Lipinski definition) is 0. The summed E-state index contributed by atoms with van der Waals surface area (Å²) in [5.41, 5.74) is 3.83. The van der Waals surface area contributed by atoms with Gasteiger partial charge < -0.3 is 0 Å². The number of fused-ring (bicyclic) bond motifs is 1. The van der Waals surface area contributed by atoms with E-state index in [9.17, 15) is 9.59 Å². The van der Waals surface area contributed by atoms with Gasteiger partial charge in [0, 0.05) is 23.0 Å². The van der Waals surface area contributed by atoms with Gasteiger partial charge in [-0.25, -0.2) is 0 Å². The Morgan fingerprint density at radius 1 is 0.694 bits per heavy atom. The summed E-state index contributed by atoms with van der Waals surface area (Å²) in [6.45, 7) is 23.3. The van der Waals surface area contributed by atoms with Gasteiger partial charge >= 0.3 is 0 Å². The molecule has 0 radical (unpaired) electrons. The minimum absolute atomic E-state index is 0.0987. The highest BCUT2D eigenvalue weighted by Gasteiger charge is 2.65. The van der Waals surface area contributed by atoms with Gasteiger partial charge in [0.05, 0.1) is 6.04 Å². The molecule has 0 aromatic heterocycles. The highest BCUT2D eigenvalue weighted by molar-refractivity contribution is 6.13. The van der Waals surface area contributed by atoms with Crippen LogP contribution < -0.4 is 0 Å². The van der Waals surface area contributed by atoms with Crippen LogP contribution in [0.2, 0.25) is 0 Å². The van der Waals surface area contributed by atoms with Gasteiger partial charge in [0.25, 0.3) is 11.8 Å². The fourth-order valence-corrected chi connectivity index (χ4v) is 8.14. The van der Waals surface area contributed by atoms with E-state index in [-0.39, 0.29) is 28.7 Å². The largest absolute Gasteiger partial charge is 0.269 e. The number of rotatable bonds is 11. The van der Waals surface area contributed by atoms with Gasteiger partial charge in [-0.1, -0.05) is 87.4 Å². The Balaban J connectivity index is 2.51. The smallest absolute Gasteiger partial charge is 0.254 e. The summed E-state index contributed by atoms with van der Waals surface area (Å²) in [5, 5.41) is 0. The summed E-state index contributed by atoms with van der Waals surface area (Å²) in [6, 6.07) is 6.54. The van der Waals surface area contributed by atoms with Gasteiger partial charge in [-0.2, -0.15) is 0 Å². The first-order valence-electron chi connectivity index (χ1n) is 14.4. The Morgan fingerprint density at radius 2 is 1.17 bits per heavy atom. The summed E-state index contributed by atoms with van der Waals surface area (Å²) in [7, 11) is 0. The molecule has 3 rings (SSSR count). The number of hydrogen-bond acceptors (Lipinski definition) is 2. The number of carbonyl (C=O) groups is 2. The van der Waals surface area contributed by atoms with Crippen LogP contribution in [0.5, 0.6) is 0 Å². The van der Waals surface area contributed by atoms with Crippen LogP contribution in [-0.2, 0) is 21.4 Å². The summed E-state index contributed by atoms with van der Waals surface area (Å²) >= 11 is 0. The van der Waals surface area contributed by atoms with Crippen molar-refractivity contribution in [3.05, 3.63) is 47.0 Å². The van der Waals surface area contributed by atoms with E-state index in [1.807, 2.05) is 0 Å². The molecule has 0 saturated carbocycles. The lowest BCUT2D eigenvalue weighted by Gasteiger charge is -2.55. The maximum absolute atomic E-state index is 13.4. The molecule has 1 aromatic carbocycles. The SMILES string of the molecule is CC(C)Cc1cccc2c1C(CC(C)C)(CC(C)C)C(CC(C)C)(CC(C)C)[C@@H]2N1C(=O)C=CC1=O. The van der Waals surface area contributed by atoms with Crippen molar-refractivity contribution in [2.75, 3.05) is 0 Å². The van der Waals surface area contributed by atoms with Crippen LogP contribution in [0.15, 0.2) is 30.4 Å². The predicted octanol–water partition coefficient (Wildman–Crippen LogP) is 8.27. The molecule has 2 amide bonds. The van der Waals surface area contributed by atoms with E-state index >= 15 is 0 Å². The van der Waals surface area contributed by atoms with E-state index in [1.165, 1.54) is 28.8 Å². The summed E-state index contributed by atoms with van der Waals surface area (Å²) in [5.74, 6) is 2.15. The van der Waals surface area contributed by atoms with Crippen LogP contribution in [0.1, 0.15) is 118 Å². The Labute approximate surface area is 221 Å². The third-order valence-electron chi connectivity index (χ3n) is 8.22. The van der Waals surface area contributed by atoms with Crippen molar-refractivity contribution in [3.63, 3.8) is 0 Å². The quantitative estimate of drug-likeness (QED) is 0.291. The van der Waals surface area contributed by atoms with Crippen molar-refractivity contribution in [2.45, 2.75) is 113 Å². The van der Waals surface area contributed by atoms with Gasteiger partial charge in [0.15, 0.2) is 0 Å². The van der Waals surface area contributed by atoms with Gasteiger partial charge in [-0.05, 0) is 78.4 Å². The molecular weight excluding hydrogens is 442 g/mol. The summed E-state index contributed by atoms with van der Waals surface area (Å²) in [6.07, 6.45) is 8.15. The Kier molecular flexibility index (Phi) is 8.63. The fourth-order valence-electron chi connectivity index (χ4n) is 8.14. The molecule has 36 heavy (non-hydrogen) atoms. The van der Waals surface area contributed by atoms with Crippen LogP contribution in [0.3, 0.4) is 0 Å². The second kappa shape index (κ2) is 10.8. The first-order chi connectivity index (χ1) is 16.8. The van der Waals surface area contributed by atoms with Crippen molar-refractivity contribution >= 4 is 11.8 Å². The van der Waals surface area contributed by atoms with Crippen molar-refractivity contribution in [1.82, 2.24) is 4.90 Å². The van der Waals surface area contributed by atoms with Gasteiger partial charge in [-0.3, -0.25) is 14.5 Å². The standard InChI is InChI=1S/C33H51NO2/c1-21(2)16-26-12-11-13-27-30(26)32(17-22(3)4,18-23(5)6)33(19-24(7)8,20-25(9)10)31(27)34-28(35)14-15-29(34)36/h11-15,21-25,31H,16-20H2,1-10H3/t31-/m1/s1.